The predicted octanol–water partition coefficient (Wildman–Crippen LogP) is 1.86. The number of hydrogen-bond donors (Lipinski definition) is 1. The minimum atomic E-state index is -2.57. The molecule has 0 N–H and O–H groups in total. The lowest BCUT2D eigenvalue weighted by Crippen LogP contribution is -1.85. The lowest BCUT2D eigenvalue weighted by Gasteiger charge is -2.01. The highest BCUT2D eigenvalue weighted by Gasteiger charge is 2.00. The van der Waals surface area contributed by atoms with Crippen molar-refractivity contribution in [3.63, 3.8) is 0 Å². The summed E-state index contributed by atoms with van der Waals surface area (Å²) in [5, 5.41) is 0. The molecule has 0 saturated heterocycles. The second-order valence-corrected chi connectivity index (χ2v) is 4.20. The van der Waals surface area contributed by atoms with Crippen LogP contribution in [0.15, 0.2) is 47.5 Å². The first kappa shape index (κ1) is 10.8. The second-order valence-electron chi connectivity index (χ2n) is 3.17. The number of thiol groups is 1. The monoisotopic (exact) mass is 237 g/mol. The summed E-state index contributed by atoms with van der Waals surface area (Å²) >= 11 is 0. The van der Waals surface area contributed by atoms with E-state index in [1.807, 2.05) is 0 Å². The molecule has 1 aromatic heterocycles. The number of pyridine rings is 1. The number of rotatable bonds is 2. The third kappa shape index (κ3) is 2.25. The van der Waals surface area contributed by atoms with Gasteiger partial charge in [0.1, 0.15) is 0 Å². The summed E-state index contributed by atoms with van der Waals surface area (Å²) in [6, 6.07) is 9.20. The van der Waals surface area contributed by atoms with Crippen LogP contribution in [0.3, 0.4) is 0 Å². The largest absolute Gasteiger partial charge is 0.228 e. The van der Waals surface area contributed by atoms with Gasteiger partial charge >= 0.3 is 0 Å². The minimum absolute atomic E-state index is 0.244. The van der Waals surface area contributed by atoms with E-state index in [2.05, 4.69) is 4.98 Å². The van der Waals surface area contributed by atoms with Gasteiger partial charge in [-0.15, -0.1) is 0 Å². The van der Waals surface area contributed by atoms with Crippen LogP contribution >= 0.6 is 0 Å². The van der Waals surface area contributed by atoms with E-state index >= 15 is 0 Å². The van der Waals surface area contributed by atoms with E-state index in [0.717, 1.165) is 5.56 Å². The molecular weight excluding hydrogens is 229 g/mol. The standard InChI is InChI=1S/C11H8FNO2S/c12-11-7-9(5-6-13-11)8-1-3-10(4-2-8)16(14)15/h1-7,16H. The zero-order valence-corrected chi connectivity index (χ0v) is 9.02. The van der Waals surface area contributed by atoms with Gasteiger partial charge in [0, 0.05) is 12.3 Å². The number of hydrogen-bond acceptors (Lipinski definition) is 3. The Hall–Kier alpha value is -1.75. The highest BCUT2D eigenvalue weighted by molar-refractivity contribution is 7.72. The Bertz CT molecular complexity index is 571. The van der Waals surface area contributed by atoms with Gasteiger partial charge < -0.3 is 0 Å². The van der Waals surface area contributed by atoms with Gasteiger partial charge in [-0.05, 0) is 29.3 Å². The summed E-state index contributed by atoms with van der Waals surface area (Å²) in [7, 11) is -2.57. The molecule has 0 aliphatic carbocycles. The summed E-state index contributed by atoms with van der Waals surface area (Å²) in [4.78, 5) is 3.69. The Morgan fingerprint density at radius 1 is 1.00 bits per heavy atom. The molecule has 0 spiro atoms. The van der Waals surface area contributed by atoms with Crippen molar-refractivity contribution in [2.45, 2.75) is 4.90 Å². The second kappa shape index (κ2) is 4.40. The van der Waals surface area contributed by atoms with Crippen molar-refractivity contribution in [3.05, 3.63) is 48.5 Å². The summed E-state index contributed by atoms with van der Waals surface area (Å²) in [6.07, 6.45) is 1.37. The zero-order chi connectivity index (χ0) is 11.5. The SMILES string of the molecule is O=[SH](=O)c1ccc(-c2ccnc(F)c2)cc1. The molecule has 0 amide bonds. The van der Waals surface area contributed by atoms with Crippen LogP contribution in [0, 0.1) is 5.95 Å². The molecular formula is C11H8FNO2S. The molecule has 0 aliphatic heterocycles. The van der Waals surface area contributed by atoms with Gasteiger partial charge in [0.15, 0.2) is 10.7 Å². The molecule has 2 rings (SSSR count). The lowest BCUT2D eigenvalue weighted by molar-refractivity contribution is 0.584. The quantitative estimate of drug-likeness (QED) is 0.640. The summed E-state index contributed by atoms with van der Waals surface area (Å²) in [6.45, 7) is 0. The van der Waals surface area contributed by atoms with Crippen LogP contribution in [-0.4, -0.2) is 13.4 Å². The first-order valence-electron chi connectivity index (χ1n) is 4.53. The molecule has 5 heteroatoms. The van der Waals surface area contributed by atoms with E-state index in [0.29, 0.717) is 5.56 Å². The topological polar surface area (TPSA) is 47.0 Å². The van der Waals surface area contributed by atoms with E-state index in [-0.39, 0.29) is 4.90 Å². The molecule has 82 valence electrons. The lowest BCUT2D eigenvalue weighted by atomic mass is 10.1. The van der Waals surface area contributed by atoms with Gasteiger partial charge in [0.25, 0.3) is 0 Å². The Morgan fingerprint density at radius 2 is 1.69 bits per heavy atom. The first-order chi connectivity index (χ1) is 7.66. The van der Waals surface area contributed by atoms with Crippen molar-refractivity contribution in [2.75, 3.05) is 0 Å². The van der Waals surface area contributed by atoms with E-state index in [1.165, 1.54) is 24.4 Å². The van der Waals surface area contributed by atoms with Crippen LogP contribution in [-0.2, 0) is 10.7 Å². The van der Waals surface area contributed by atoms with E-state index in [1.54, 1.807) is 18.2 Å². The van der Waals surface area contributed by atoms with Crippen LogP contribution in [0.2, 0.25) is 0 Å². The average Bonchev–Trinajstić information content (AvgIpc) is 2.29. The number of benzene rings is 1. The number of aromatic nitrogens is 1. The summed E-state index contributed by atoms with van der Waals surface area (Å²) < 4.78 is 34.2. The maximum absolute atomic E-state index is 12.9. The molecule has 0 unspecified atom stereocenters. The Balaban J connectivity index is 2.42. The van der Waals surface area contributed by atoms with Gasteiger partial charge in [0.2, 0.25) is 5.95 Å². The Labute approximate surface area is 93.5 Å². The van der Waals surface area contributed by atoms with Gasteiger partial charge in [0.05, 0.1) is 4.90 Å². The molecule has 16 heavy (non-hydrogen) atoms. The van der Waals surface area contributed by atoms with Crippen LogP contribution in [0.1, 0.15) is 0 Å². The van der Waals surface area contributed by atoms with Crippen molar-refractivity contribution in [2.24, 2.45) is 0 Å². The smallest absolute Gasteiger partial charge is 0.213 e. The van der Waals surface area contributed by atoms with Gasteiger partial charge in [-0.1, -0.05) is 12.1 Å². The average molecular weight is 237 g/mol. The molecule has 0 bridgehead atoms. The fraction of sp³-hybridized carbons (Fsp3) is 0. The van der Waals surface area contributed by atoms with Crippen molar-refractivity contribution in [3.8, 4) is 11.1 Å². The molecule has 1 aromatic carbocycles. The minimum Gasteiger partial charge on any atom is -0.228 e. The van der Waals surface area contributed by atoms with Crippen LogP contribution in [0.25, 0.3) is 11.1 Å². The molecule has 2 aromatic rings. The third-order valence-electron chi connectivity index (χ3n) is 2.14. The van der Waals surface area contributed by atoms with Crippen LogP contribution in [0.4, 0.5) is 4.39 Å². The van der Waals surface area contributed by atoms with Crippen molar-refractivity contribution in [1.82, 2.24) is 4.98 Å². The Morgan fingerprint density at radius 3 is 2.25 bits per heavy atom. The van der Waals surface area contributed by atoms with Gasteiger partial charge in [-0.2, -0.15) is 4.39 Å². The van der Waals surface area contributed by atoms with Crippen molar-refractivity contribution in [1.29, 1.82) is 0 Å². The highest BCUT2D eigenvalue weighted by atomic mass is 32.2. The van der Waals surface area contributed by atoms with E-state index in [4.69, 9.17) is 0 Å². The highest BCUT2D eigenvalue weighted by Crippen LogP contribution is 2.19. The summed E-state index contributed by atoms with van der Waals surface area (Å²) in [5.41, 5.74) is 1.42. The predicted molar refractivity (Wildman–Crippen MR) is 58.2 cm³/mol. The molecule has 0 aliphatic rings. The van der Waals surface area contributed by atoms with Crippen LogP contribution < -0.4 is 0 Å². The molecule has 0 radical (unpaired) electrons. The normalized spacial score (nSPS) is 10.6. The molecule has 0 saturated carbocycles. The van der Waals surface area contributed by atoms with Gasteiger partial charge in [-0.3, -0.25) is 0 Å². The van der Waals surface area contributed by atoms with Crippen molar-refractivity contribution >= 4 is 10.7 Å². The van der Waals surface area contributed by atoms with Gasteiger partial charge in [-0.25, -0.2) is 13.4 Å². The van der Waals surface area contributed by atoms with E-state index < -0.39 is 16.7 Å². The zero-order valence-electron chi connectivity index (χ0n) is 8.13. The molecule has 1 heterocycles. The fourth-order valence-electron chi connectivity index (χ4n) is 1.36. The molecule has 0 fully saturated rings. The number of halogens is 1. The summed E-state index contributed by atoms with van der Waals surface area (Å²) in [5.74, 6) is -0.559. The number of nitrogens with zero attached hydrogens (tertiary/aromatic N) is 1. The van der Waals surface area contributed by atoms with E-state index in [9.17, 15) is 12.8 Å². The fourth-order valence-corrected chi connectivity index (χ4v) is 1.75. The first-order valence-corrected chi connectivity index (χ1v) is 5.71. The molecule has 0 atom stereocenters. The maximum atomic E-state index is 12.9. The van der Waals surface area contributed by atoms with Crippen molar-refractivity contribution < 1.29 is 12.8 Å². The van der Waals surface area contributed by atoms with Crippen LogP contribution in [0.5, 0.6) is 0 Å². The third-order valence-corrected chi connectivity index (χ3v) is 2.86. The Kier molecular flexibility index (Phi) is 2.96. The maximum Gasteiger partial charge on any atom is 0.213 e. The molecule has 3 nitrogen and oxygen atoms in total.